The molecule has 2 aliphatic rings. The normalized spacial score (nSPS) is 17.6. The molecule has 2 aliphatic heterocycles. The van der Waals surface area contributed by atoms with Crippen LogP contribution in [0, 0.1) is 0 Å². The average Bonchev–Trinajstić information content (AvgIpc) is 3.15. The number of esters is 1. The van der Waals surface area contributed by atoms with Crippen molar-refractivity contribution in [2.45, 2.75) is 71.1 Å². The third kappa shape index (κ3) is 8.91. The molecule has 1 saturated heterocycles. The van der Waals surface area contributed by atoms with Crippen LogP contribution in [-0.2, 0) is 46.3 Å². The maximum absolute atomic E-state index is 12.9. The molecule has 10 heteroatoms. The standard InChI is InChI=1S/C27H38N2O8/c1-27(2,3)37-24(31)11-13-35-15-17-36-16-14-34-12-5-7-19-6-4-8-20-21(19)18-29(26(20)33)22-9-10-23(30)28-25(22)32/h4,6,8,22H,5,7,9-18H2,1-3H3,(H,28,30,32). The number of nitrogens with one attached hydrogen (secondary N) is 1. The monoisotopic (exact) mass is 518 g/mol. The van der Waals surface area contributed by atoms with Gasteiger partial charge in [-0.05, 0) is 57.2 Å². The highest BCUT2D eigenvalue weighted by atomic mass is 16.6. The van der Waals surface area contributed by atoms with Crippen LogP contribution in [0.2, 0.25) is 0 Å². The molecule has 0 bridgehead atoms. The molecule has 10 nitrogen and oxygen atoms in total. The lowest BCUT2D eigenvalue weighted by Crippen LogP contribution is -2.52. The fraction of sp³-hybridized carbons (Fsp3) is 0.630. The second-order valence-electron chi connectivity index (χ2n) is 10.1. The van der Waals surface area contributed by atoms with E-state index in [4.69, 9.17) is 18.9 Å². The lowest BCUT2D eigenvalue weighted by Gasteiger charge is -2.29. The molecule has 0 spiro atoms. The van der Waals surface area contributed by atoms with E-state index in [1.54, 1.807) is 11.0 Å². The van der Waals surface area contributed by atoms with Crippen LogP contribution in [-0.4, -0.2) is 79.9 Å². The third-order valence-corrected chi connectivity index (χ3v) is 6.03. The summed E-state index contributed by atoms with van der Waals surface area (Å²) in [5.41, 5.74) is 2.17. The number of carbonyl (C=O) groups excluding carboxylic acids is 4. The first-order valence-electron chi connectivity index (χ1n) is 12.9. The van der Waals surface area contributed by atoms with E-state index in [9.17, 15) is 19.2 Å². The number of hydrogen-bond donors (Lipinski definition) is 1. The lowest BCUT2D eigenvalue weighted by atomic mass is 10.00. The van der Waals surface area contributed by atoms with Gasteiger partial charge in [0, 0.05) is 25.1 Å². The number of piperidine rings is 1. The van der Waals surface area contributed by atoms with Crippen molar-refractivity contribution in [2.24, 2.45) is 0 Å². The highest BCUT2D eigenvalue weighted by Crippen LogP contribution is 2.30. The fourth-order valence-corrected chi connectivity index (χ4v) is 4.34. The number of imide groups is 1. The van der Waals surface area contributed by atoms with Gasteiger partial charge in [0.25, 0.3) is 5.91 Å². The smallest absolute Gasteiger partial charge is 0.308 e. The van der Waals surface area contributed by atoms with Gasteiger partial charge in [0.05, 0.1) is 39.5 Å². The first-order chi connectivity index (χ1) is 17.7. The average molecular weight is 519 g/mol. The Hall–Kier alpha value is -2.82. The maximum atomic E-state index is 12.9. The fourth-order valence-electron chi connectivity index (χ4n) is 4.34. The molecule has 3 rings (SSSR count). The molecular formula is C27H38N2O8. The zero-order valence-corrected chi connectivity index (χ0v) is 22.0. The Morgan fingerprint density at radius 1 is 1.00 bits per heavy atom. The number of aryl methyl sites for hydroxylation is 1. The number of nitrogens with zero attached hydrogens (tertiary/aromatic N) is 1. The summed E-state index contributed by atoms with van der Waals surface area (Å²) in [6, 6.07) is 5.06. The number of benzene rings is 1. The quantitative estimate of drug-likeness (QED) is 0.226. The molecule has 1 fully saturated rings. The molecule has 3 amide bonds. The van der Waals surface area contributed by atoms with Gasteiger partial charge in [-0.3, -0.25) is 24.5 Å². The van der Waals surface area contributed by atoms with Gasteiger partial charge in [-0.2, -0.15) is 0 Å². The molecule has 1 atom stereocenters. The summed E-state index contributed by atoms with van der Waals surface area (Å²) in [5, 5.41) is 2.33. The molecule has 204 valence electrons. The Bertz CT molecular complexity index is 972. The first-order valence-corrected chi connectivity index (χ1v) is 12.9. The Morgan fingerprint density at radius 2 is 1.68 bits per heavy atom. The number of fused-ring (bicyclic) bond motifs is 1. The third-order valence-electron chi connectivity index (χ3n) is 6.03. The molecule has 1 N–H and O–H groups in total. The summed E-state index contributed by atoms with van der Waals surface area (Å²) in [5.74, 6) is -1.13. The predicted octanol–water partition coefficient (Wildman–Crippen LogP) is 2.16. The summed E-state index contributed by atoms with van der Waals surface area (Å²) < 4.78 is 21.7. The zero-order valence-electron chi connectivity index (χ0n) is 22.0. The van der Waals surface area contributed by atoms with Crippen LogP contribution in [0.3, 0.4) is 0 Å². The van der Waals surface area contributed by atoms with E-state index in [-0.39, 0.29) is 30.6 Å². The van der Waals surface area contributed by atoms with Crippen molar-refractivity contribution in [3.8, 4) is 0 Å². The van der Waals surface area contributed by atoms with Crippen molar-refractivity contribution in [3.05, 3.63) is 34.9 Å². The molecule has 0 radical (unpaired) electrons. The van der Waals surface area contributed by atoms with E-state index >= 15 is 0 Å². The molecule has 37 heavy (non-hydrogen) atoms. The zero-order chi connectivity index (χ0) is 26.8. The Balaban J connectivity index is 1.27. The highest BCUT2D eigenvalue weighted by Gasteiger charge is 2.39. The van der Waals surface area contributed by atoms with Crippen LogP contribution in [0.5, 0.6) is 0 Å². The summed E-state index contributed by atoms with van der Waals surface area (Å²) in [6.45, 7) is 8.47. The minimum atomic E-state index is -0.607. The number of ether oxygens (including phenoxy) is 4. The molecule has 1 unspecified atom stereocenters. The minimum Gasteiger partial charge on any atom is -0.460 e. The Kier molecular flexibility index (Phi) is 10.6. The van der Waals surface area contributed by atoms with Crippen molar-refractivity contribution >= 4 is 23.7 Å². The van der Waals surface area contributed by atoms with Crippen molar-refractivity contribution in [2.75, 3.05) is 39.6 Å². The van der Waals surface area contributed by atoms with Gasteiger partial charge in [-0.25, -0.2) is 0 Å². The molecule has 1 aromatic rings. The maximum Gasteiger partial charge on any atom is 0.308 e. The topological polar surface area (TPSA) is 120 Å². The van der Waals surface area contributed by atoms with Crippen molar-refractivity contribution in [3.63, 3.8) is 0 Å². The molecule has 0 aromatic heterocycles. The van der Waals surface area contributed by atoms with Crippen LogP contribution in [0.4, 0.5) is 0 Å². The number of amides is 3. The van der Waals surface area contributed by atoms with E-state index in [1.807, 2.05) is 32.9 Å². The van der Waals surface area contributed by atoms with Crippen molar-refractivity contribution in [1.29, 1.82) is 0 Å². The summed E-state index contributed by atoms with van der Waals surface area (Å²) in [6.07, 6.45) is 2.36. The van der Waals surface area contributed by atoms with E-state index < -0.39 is 17.6 Å². The van der Waals surface area contributed by atoms with Gasteiger partial charge in [0.15, 0.2) is 0 Å². The Morgan fingerprint density at radius 3 is 2.35 bits per heavy atom. The SMILES string of the molecule is CC(C)(C)OC(=O)CCOCCOCCOCCCc1cccc2c1CN(C1CCC(=O)NC1=O)C2=O. The van der Waals surface area contributed by atoms with Crippen LogP contribution in [0.25, 0.3) is 0 Å². The number of hydrogen-bond acceptors (Lipinski definition) is 8. The largest absolute Gasteiger partial charge is 0.460 e. The van der Waals surface area contributed by atoms with Crippen LogP contribution < -0.4 is 5.32 Å². The summed E-state index contributed by atoms with van der Waals surface area (Å²) in [4.78, 5) is 49.8. The summed E-state index contributed by atoms with van der Waals surface area (Å²) >= 11 is 0. The van der Waals surface area contributed by atoms with E-state index in [0.717, 1.165) is 24.0 Å². The van der Waals surface area contributed by atoms with Gasteiger partial charge < -0.3 is 23.8 Å². The number of carbonyl (C=O) groups is 4. The second kappa shape index (κ2) is 13.6. The second-order valence-corrected chi connectivity index (χ2v) is 10.1. The minimum absolute atomic E-state index is 0.159. The van der Waals surface area contributed by atoms with E-state index in [0.29, 0.717) is 58.2 Å². The van der Waals surface area contributed by atoms with E-state index in [1.165, 1.54) is 0 Å². The van der Waals surface area contributed by atoms with Gasteiger partial charge in [-0.15, -0.1) is 0 Å². The molecule has 0 aliphatic carbocycles. The predicted molar refractivity (Wildman–Crippen MR) is 134 cm³/mol. The molecule has 1 aromatic carbocycles. The lowest BCUT2D eigenvalue weighted by molar-refractivity contribution is -0.156. The van der Waals surface area contributed by atoms with Crippen LogP contribution in [0.1, 0.15) is 67.9 Å². The van der Waals surface area contributed by atoms with Gasteiger partial charge in [0.1, 0.15) is 11.6 Å². The molecule has 2 heterocycles. The van der Waals surface area contributed by atoms with Crippen LogP contribution >= 0.6 is 0 Å². The first kappa shape index (κ1) is 28.7. The van der Waals surface area contributed by atoms with Gasteiger partial charge in [-0.1, -0.05) is 12.1 Å². The molecular weight excluding hydrogens is 480 g/mol. The van der Waals surface area contributed by atoms with Crippen LogP contribution in [0.15, 0.2) is 18.2 Å². The summed E-state index contributed by atoms with van der Waals surface area (Å²) in [7, 11) is 0. The van der Waals surface area contributed by atoms with Crippen molar-refractivity contribution in [1.82, 2.24) is 10.2 Å². The highest BCUT2D eigenvalue weighted by molar-refractivity contribution is 6.05. The van der Waals surface area contributed by atoms with Gasteiger partial charge >= 0.3 is 5.97 Å². The molecule has 0 saturated carbocycles. The number of rotatable bonds is 14. The van der Waals surface area contributed by atoms with E-state index in [2.05, 4.69) is 5.32 Å². The van der Waals surface area contributed by atoms with Gasteiger partial charge in [0.2, 0.25) is 11.8 Å². The Labute approximate surface area is 217 Å². The van der Waals surface area contributed by atoms with Crippen molar-refractivity contribution < 1.29 is 38.1 Å².